The molecule has 0 spiro atoms. The average Bonchev–Trinajstić information content (AvgIpc) is 2.27. The summed E-state index contributed by atoms with van der Waals surface area (Å²) in [7, 11) is 3.24. The van der Waals surface area contributed by atoms with Crippen molar-refractivity contribution >= 4 is 5.97 Å². The van der Waals surface area contributed by atoms with Crippen LogP contribution in [0.3, 0.4) is 0 Å². The number of ether oxygens (including phenoxy) is 2. The number of methoxy groups -OCH3 is 2. The van der Waals surface area contributed by atoms with Gasteiger partial charge >= 0.3 is 5.97 Å². The highest BCUT2D eigenvalue weighted by molar-refractivity contribution is 5.86. The predicted molar refractivity (Wildman–Crippen MR) is 61.6 cm³/mol. The van der Waals surface area contributed by atoms with Gasteiger partial charge in [0.1, 0.15) is 0 Å². The van der Waals surface area contributed by atoms with E-state index in [1.807, 2.05) is 6.92 Å². The third-order valence-corrected chi connectivity index (χ3v) is 2.21. The SMILES string of the molecule is CCC(=CCNCC(COC)OC)C(=O)O. The van der Waals surface area contributed by atoms with Crippen LogP contribution in [-0.2, 0) is 14.3 Å². The first-order chi connectivity index (χ1) is 7.65. The molecule has 0 aromatic carbocycles. The molecule has 0 aliphatic heterocycles. The van der Waals surface area contributed by atoms with Crippen LogP contribution in [0.1, 0.15) is 13.3 Å². The van der Waals surface area contributed by atoms with Gasteiger partial charge in [-0.05, 0) is 6.42 Å². The molecule has 0 rings (SSSR count). The number of hydrogen-bond acceptors (Lipinski definition) is 4. The molecular formula is C11H21NO4. The van der Waals surface area contributed by atoms with Crippen molar-refractivity contribution in [3.63, 3.8) is 0 Å². The van der Waals surface area contributed by atoms with E-state index in [4.69, 9.17) is 14.6 Å². The molecule has 94 valence electrons. The topological polar surface area (TPSA) is 67.8 Å². The molecule has 0 radical (unpaired) electrons. The minimum atomic E-state index is -0.857. The van der Waals surface area contributed by atoms with Crippen LogP contribution in [0.15, 0.2) is 11.6 Å². The van der Waals surface area contributed by atoms with Crippen molar-refractivity contribution in [2.24, 2.45) is 0 Å². The van der Waals surface area contributed by atoms with Gasteiger partial charge in [0, 0.05) is 32.9 Å². The lowest BCUT2D eigenvalue weighted by atomic mass is 10.2. The minimum Gasteiger partial charge on any atom is -0.478 e. The number of hydrogen-bond donors (Lipinski definition) is 2. The number of rotatable bonds is 9. The van der Waals surface area contributed by atoms with E-state index >= 15 is 0 Å². The molecule has 16 heavy (non-hydrogen) atoms. The molecule has 0 saturated carbocycles. The van der Waals surface area contributed by atoms with Crippen molar-refractivity contribution in [2.45, 2.75) is 19.4 Å². The Morgan fingerprint density at radius 3 is 2.62 bits per heavy atom. The molecule has 0 bridgehead atoms. The third kappa shape index (κ3) is 6.55. The Bertz CT molecular complexity index is 228. The van der Waals surface area contributed by atoms with E-state index in [9.17, 15) is 4.79 Å². The van der Waals surface area contributed by atoms with Crippen molar-refractivity contribution in [3.05, 3.63) is 11.6 Å². The van der Waals surface area contributed by atoms with Crippen molar-refractivity contribution in [3.8, 4) is 0 Å². The zero-order valence-corrected chi connectivity index (χ0v) is 10.2. The van der Waals surface area contributed by atoms with Crippen LogP contribution < -0.4 is 5.32 Å². The van der Waals surface area contributed by atoms with Crippen molar-refractivity contribution < 1.29 is 19.4 Å². The first-order valence-corrected chi connectivity index (χ1v) is 5.30. The van der Waals surface area contributed by atoms with E-state index in [2.05, 4.69) is 5.32 Å². The van der Waals surface area contributed by atoms with Gasteiger partial charge < -0.3 is 19.9 Å². The van der Waals surface area contributed by atoms with Gasteiger partial charge in [-0.2, -0.15) is 0 Å². The van der Waals surface area contributed by atoms with Gasteiger partial charge in [0.2, 0.25) is 0 Å². The zero-order valence-electron chi connectivity index (χ0n) is 10.2. The molecular weight excluding hydrogens is 210 g/mol. The Labute approximate surface area is 96.4 Å². The smallest absolute Gasteiger partial charge is 0.331 e. The summed E-state index contributed by atoms with van der Waals surface area (Å²) in [5.74, 6) is -0.857. The highest BCUT2D eigenvalue weighted by Crippen LogP contribution is 1.99. The zero-order chi connectivity index (χ0) is 12.4. The molecule has 2 N–H and O–H groups in total. The molecule has 0 heterocycles. The lowest BCUT2D eigenvalue weighted by Gasteiger charge is -2.14. The summed E-state index contributed by atoms with van der Waals surface area (Å²) in [6.45, 7) is 3.51. The van der Waals surface area contributed by atoms with Crippen molar-refractivity contribution in [1.82, 2.24) is 5.32 Å². The first-order valence-electron chi connectivity index (χ1n) is 5.30. The minimum absolute atomic E-state index is 0.00620. The summed E-state index contributed by atoms with van der Waals surface area (Å²) < 4.78 is 10.1. The summed E-state index contributed by atoms with van der Waals surface area (Å²) in [5, 5.41) is 11.9. The maximum absolute atomic E-state index is 10.7. The monoisotopic (exact) mass is 231 g/mol. The molecule has 0 aromatic rings. The molecule has 5 nitrogen and oxygen atoms in total. The number of nitrogens with one attached hydrogen (secondary N) is 1. The standard InChI is InChI=1S/C11H21NO4/c1-4-9(11(13)14)5-6-12-7-10(16-3)8-15-2/h5,10,12H,4,6-8H2,1-3H3,(H,13,14). The van der Waals surface area contributed by atoms with Crippen LogP contribution in [-0.4, -0.2) is 51.1 Å². The second kappa shape index (κ2) is 9.33. The number of carboxylic acids is 1. The molecule has 0 aliphatic carbocycles. The maximum Gasteiger partial charge on any atom is 0.331 e. The van der Waals surface area contributed by atoms with Gasteiger partial charge in [-0.25, -0.2) is 4.79 Å². The van der Waals surface area contributed by atoms with Crippen LogP contribution >= 0.6 is 0 Å². The molecule has 0 saturated heterocycles. The van der Waals surface area contributed by atoms with Crippen LogP contribution in [0.4, 0.5) is 0 Å². The van der Waals surface area contributed by atoms with E-state index in [0.717, 1.165) is 0 Å². The predicted octanol–water partition coefficient (Wildman–Crippen LogP) is 0.658. The fraction of sp³-hybridized carbons (Fsp3) is 0.727. The third-order valence-electron chi connectivity index (χ3n) is 2.21. The van der Waals surface area contributed by atoms with E-state index in [1.54, 1.807) is 20.3 Å². The second-order valence-electron chi connectivity index (χ2n) is 3.36. The van der Waals surface area contributed by atoms with Crippen LogP contribution in [0, 0.1) is 0 Å². The van der Waals surface area contributed by atoms with E-state index < -0.39 is 5.97 Å². The fourth-order valence-corrected chi connectivity index (χ4v) is 1.22. The Kier molecular flexibility index (Phi) is 8.80. The van der Waals surface area contributed by atoms with Gasteiger partial charge in [0.15, 0.2) is 0 Å². The molecule has 1 atom stereocenters. The Morgan fingerprint density at radius 2 is 2.19 bits per heavy atom. The van der Waals surface area contributed by atoms with Crippen LogP contribution in [0.25, 0.3) is 0 Å². The summed E-state index contributed by atoms with van der Waals surface area (Å²) in [6, 6.07) is 0. The molecule has 0 amide bonds. The summed E-state index contributed by atoms with van der Waals surface area (Å²) in [6.07, 6.45) is 2.21. The number of carbonyl (C=O) groups is 1. The highest BCUT2D eigenvalue weighted by Gasteiger charge is 2.06. The number of aliphatic carboxylic acids is 1. The fourth-order valence-electron chi connectivity index (χ4n) is 1.22. The Balaban J connectivity index is 3.83. The van der Waals surface area contributed by atoms with Gasteiger partial charge in [-0.3, -0.25) is 0 Å². The Hall–Kier alpha value is -0.910. The quantitative estimate of drug-likeness (QED) is 0.450. The lowest BCUT2D eigenvalue weighted by molar-refractivity contribution is -0.132. The molecule has 1 unspecified atom stereocenters. The lowest BCUT2D eigenvalue weighted by Crippen LogP contribution is -2.32. The highest BCUT2D eigenvalue weighted by atomic mass is 16.5. The summed E-state index contributed by atoms with van der Waals surface area (Å²) in [5.41, 5.74) is 0.424. The van der Waals surface area contributed by atoms with Gasteiger partial charge in [0.05, 0.1) is 12.7 Å². The molecule has 0 aliphatic rings. The van der Waals surface area contributed by atoms with Gasteiger partial charge in [0.25, 0.3) is 0 Å². The van der Waals surface area contributed by atoms with Crippen molar-refractivity contribution in [2.75, 3.05) is 33.9 Å². The van der Waals surface area contributed by atoms with Crippen LogP contribution in [0.5, 0.6) is 0 Å². The van der Waals surface area contributed by atoms with Gasteiger partial charge in [-0.15, -0.1) is 0 Å². The molecule has 0 fully saturated rings. The molecule has 0 aromatic heterocycles. The first kappa shape index (κ1) is 15.1. The van der Waals surface area contributed by atoms with Crippen LogP contribution in [0.2, 0.25) is 0 Å². The maximum atomic E-state index is 10.7. The average molecular weight is 231 g/mol. The number of carboxylic acid groups (broad SMARTS) is 1. The van der Waals surface area contributed by atoms with Gasteiger partial charge in [-0.1, -0.05) is 13.0 Å². The Morgan fingerprint density at radius 1 is 1.50 bits per heavy atom. The van der Waals surface area contributed by atoms with Crippen molar-refractivity contribution in [1.29, 1.82) is 0 Å². The normalized spacial score (nSPS) is 13.8. The van der Waals surface area contributed by atoms with E-state index in [1.165, 1.54) is 0 Å². The molecule has 5 heteroatoms. The van der Waals surface area contributed by atoms with E-state index in [-0.39, 0.29) is 6.10 Å². The summed E-state index contributed by atoms with van der Waals surface area (Å²) in [4.78, 5) is 10.7. The second-order valence-corrected chi connectivity index (χ2v) is 3.36. The van der Waals surface area contributed by atoms with E-state index in [0.29, 0.717) is 31.7 Å². The largest absolute Gasteiger partial charge is 0.478 e. The summed E-state index contributed by atoms with van der Waals surface area (Å²) >= 11 is 0.